The maximum Gasteiger partial charge on any atom is 0.312 e. The number of nitrogens with zero attached hydrogens (tertiary/aromatic N) is 3. The first kappa shape index (κ1) is 22.0. The van der Waals surface area contributed by atoms with Crippen molar-refractivity contribution in [3.63, 3.8) is 0 Å². The smallest absolute Gasteiger partial charge is 0.312 e. The monoisotopic (exact) mass is 425 g/mol. The highest BCUT2D eigenvalue weighted by Crippen LogP contribution is 2.40. The van der Waals surface area contributed by atoms with Gasteiger partial charge in [0.1, 0.15) is 5.82 Å². The first-order chi connectivity index (χ1) is 15.1. The first-order valence-electron chi connectivity index (χ1n) is 11.7. The molecule has 6 heteroatoms. The number of carbonyl (C=O) groups is 1. The van der Waals surface area contributed by atoms with Gasteiger partial charge in [0.2, 0.25) is 0 Å². The fraction of sp³-hybridized carbons (Fsp3) is 0.600. The van der Waals surface area contributed by atoms with Crippen molar-refractivity contribution in [3.05, 3.63) is 48.0 Å². The molecule has 0 unspecified atom stereocenters. The van der Waals surface area contributed by atoms with Crippen LogP contribution in [0.2, 0.25) is 0 Å². The molecule has 2 saturated heterocycles. The molecular weight excluding hydrogens is 390 g/mol. The minimum absolute atomic E-state index is 0.0370. The van der Waals surface area contributed by atoms with Gasteiger partial charge < -0.3 is 14.0 Å². The topological polar surface area (TPSA) is 56.6 Å². The summed E-state index contributed by atoms with van der Waals surface area (Å²) in [6, 6.07) is 8.48. The fourth-order valence-electron chi connectivity index (χ4n) is 4.98. The van der Waals surface area contributed by atoms with Crippen molar-refractivity contribution >= 4 is 5.97 Å². The van der Waals surface area contributed by atoms with Gasteiger partial charge in [-0.3, -0.25) is 9.69 Å². The summed E-state index contributed by atoms with van der Waals surface area (Å²) in [7, 11) is 0. The van der Waals surface area contributed by atoms with E-state index in [0.29, 0.717) is 6.61 Å². The van der Waals surface area contributed by atoms with Crippen molar-refractivity contribution in [1.82, 2.24) is 14.5 Å². The molecule has 0 spiro atoms. The van der Waals surface area contributed by atoms with E-state index in [1.54, 1.807) is 0 Å². The molecule has 168 valence electrons. The number of hydrogen-bond acceptors (Lipinski definition) is 5. The summed E-state index contributed by atoms with van der Waals surface area (Å²) in [5.41, 5.74) is 1.96. The molecule has 2 aliphatic rings. The number of rotatable bonds is 7. The molecule has 2 aliphatic heterocycles. The molecule has 31 heavy (non-hydrogen) atoms. The van der Waals surface area contributed by atoms with E-state index in [1.165, 1.54) is 12.0 Å². The molecule has 1 aromatic carbocycles. The third kappa shape index (κ3) is 5.18. The molecule has 0 aliphatic carbocycles. The predicted molar refractivity (Wildman–Crippen MR) is 120 cm³/mol. The summed E-state index contributed by atoms with van der Waals surface area (Å²) in [4.78, 5) is 20.0. The van der Waals surface area contributed by atoms with E-state index < -0.39 is 5.41 Å². The second kappa shape index (κ2) is 9.96. The van der Waals surface area contributed by atoms with Crippen LogP contribution >= 0.6 is 0 Å². The van der Waals surface area contributed by atoms with E-state index in [4.69, 9.17) is 9.47 Å². The Morgan fingerprint density at radius 3 is 2.84 bits per heavy atom. The zero-order valence-corrected chi connectivity index (χ0v) is 18.9. The van der Waals surface area contributed by atoms with Crippen molar-refractivity contribution in [3.8, 4) is 5.69 Å². The van der Waals surface area contributed by atoms with Crippen LogP contribution in [0.4, 0.5) is 0 Å². The summed E-state index contributed by atoms with van der Waals surface area (Å²) < 4.78 is 13.7. The van der Waals surface area contributed by atoms with Crippen LogP contribution in [0.15, 0.2) is 36.7 Å². The van der Waals surface area contributed by atoms with Crippen molar-refractivity contribution in [1.29, 1.82) is 0 Å². The Labute approximate surface area is 185 Å². The Morgan fingerprint density at radius 1 is 1.29 bits per heavy atom. The second-order valence-electron chi connectivity index (χ2n) is 9.02. The lowest BCUT2D eigenvalue weighted by Gasteiger charge is -2.42. The molecule has 2 aromatic rings. The van der Waals surface area contributed by atoms with Gasteiger partial charge in [-0.1, -0.05) is 12.1 Å². The van der Waals surface area contributed by atoms with Crippen LogP contribution in [0.5, 0.6) is 0 Å². The maximum atomic E-state index is 13.0. The summed E-state index contributed by atoms with van der Waals surface area (Å²) in [6.45, 7) is 7.76. The van der Waals surface area contributed by atoms with Crippen molar-refractivity contribution in [2.75, 3.05) is 26.3 Å². The van der Waals surface area contributed by atoms with E-state index in [-0.39, 0.29) is 12.1 Å². The van der Waals surface area contributed by atoms with Crippen LogP contribution in [0.3, 0.4) is 0 Å². The van der Waals surface area contributed by atoms with Crippen LogP contribution in [-0.2, 0) is 20.8 Å². The number of carbonyl (C=O) groups excluding carboxylic acids is 1. The van der Waals surface area contributed by atoms with E-state index >= 15 is 0 Å². The van der Waals surface area contributed by atoms with E-state index in [2.05, 4.69) is 45.6 Å². The standard InChI is InChI=1S/C25H35N3O3/c1-3-30-24(29)25(18-22-9-4-5-16-31-22)10-13-27(14-11-25)19-23-26-12-15-28(23)21-8-6-7-20(2)17-21/h6-8,12,15,17,22H,3-5,9-11,13-14,16,18-19H2,1-2H3/t22-/m0/s1. The zero-order valence-electron chi connectivity index (χ0n) is 18.9. The molecular formula is C25H35N3O3. The van der Waals surface area contributed by atoms with Crippen molar-refractivity contribution < 1.29 is 14.3 Å². The number of aryl methyl sites for hydroxylation is 1. The summed E-state index contributed by atoms with van der Waals surface area (Å²) in [6.07, 6.45) is 9.87. The third-order valence-electron chi connectivity index (χ3n) is 6.78. The van der Waals surface area contributed by atoms with Crippen LogP contribution < -0.4 is 0 Å². The number of ether oxygens (including phenoxy) is 2. The molecule has 3 heterocycles. The van der Waals surface area contributed by atoms with Gasteiger partial charge in [0, 0.05) is 24.7 Å². The van der Waals surface area contributed by atoms with Crippen molar-refractivity contribution in [2.24, 2.45) is 5.41 Å². The molecule has 0 amide bonds. The second-order valence-corrected chi connectivity index (χ2v) is 9.02. The molecule has 0 bridgehead atoms. The molecule has 1 aromatic heterocycles. The number of imidazole rings is 1. The number of aromatic nitrogens is 2. The minimum Gasteiger partial charge on any atom is -0.466 e. The predicted octanol–water partition coefficient (Wildman–Crippen LogP) is 4.29. The van der Waals surface area contributed by atoms with Crippen LogP contribution in [0.25, 0.3) is 5.69 Å². The molecule has 1 atom stereocenters. The van der Waals surface area contributed by atoms with Gasteiger partial charge in [-0.25, -0.2) is 4.98 Å². The van der Waals surface area contributed by atoms with Crippen LogP contribution in [-0.4, -0.2) is 52.8 Å². The van der Waals surface area contributed by atoms with E-state index in [9.17, 15) is 4.79 Å². The Hall–Kier alpha value is -2.18. The lowest BCUT2D eigenvalue weighted by molar-refractivity contribution is -0.162. The highest BCUT2D eigenvalue weighted by molar-refractivity contribution is 5.77. The molecule has 0 radical (unpaired) electrons. The SMILES string of the molecule is CCOC(=O)C1(C[C@@H]2CCCCO2)CCN(Cc2nccn2-c2cccc(C)c2)CC1. The van der Waals surface area contributed by atoms with Gasteiger partial charge in [0.05, 0.1) is 24.7 Å². The van der Waals surface area contributed by atoms with Gasteiger partial charge >= 0.3 is 5.97 Å². The van der Waals surface area contributed by atoms with Gasteiger partial charge in [-0.2, -0.15) is 0 Å². The Kier molecular flexibility index (Phi) is 7.08. The first-order valence-corrected chi connectivity index (χ1v) is 11.7. The van der Waals surface area contributed by atoms with E-state index in [0.717, 1.165) is 69.9 Å². The highest BCUT2D eigenvalue weighted by atomic mass is 16.5. The maximum absolute atomic E-state index is 13.0. The molecule has 2 fully saturated rings. The molecule has 6 nitrogen and oxygen atoms in total. The molecule has 0 N–H and O–H groups in total. The average Bonchev–Trinajstić information content (AvgIpc) is 3.24. The molecule has 4 rings (SSSR count). The number of benzene rings is 1. The Balaban J connectivity index is 1.43. The van der Waals surface area contributed by atoms with Gasteiger partial charge in [0.15, 0.2) is 0 Å². The summed E-state index contributed by atoms with van der Waals surface area (Å²) in [5, 5.41) is 0. The largest absolute Gasteiger partial charge is 0.466 e. The minimum atomic E-state index is -0.416. The third-order valence-corrected chi connectivity index (χ3v) is 6.78. The Morgan fingerprint density at radius 2 is 2.13 bits per heavy atom. The van der Waals surface area contributed by atoms with Crippen molar-refractivity contribution in [2.45, 2.75) is 65.0 Å². The fourth-order valence-corrected chi connectivity index (χ4v) is 4.98. The van der Waals surface area contributed by atoms with Crippen LogP contribution in [0.1, 0.15) is 56.8 Å². The quantitative estimate of drug-likeness (QED) is 0.620. The van der Waals surface area contributed by atoms with E-state index in [1.807, 2.05) is 19.3 Å². The lowest BCUT2D eigenvalue weighted by atomic mass is 9.73. The van der Waals surface area contributed by atoms with Gasteiger partial charge in [-0.15, -0.1) is 0 Å². The number of likely N-dealkylation sites (tertiary alicyclic amines) is 1. The number of piperidine rings is 1. The summed E-state index contributed by atoms with van der Waals surface area (Å²) in [5.74, 6) is 0.995. The zero-order chi connectivity index (χ0) is 21.7. The Bertz CT molecular complexity index is 864. The molecule has 0 saturated carbocycles. The summed E-state index contributed by atoms with van der Waals surface area (Å²) >= 11 is 0. The van der Waals surface area contributed by atoms with Crippen LogP contribution in [0, 0.1) is 12.3 Å². The van der Waals surface area contributed by atoms with Gasteiger partial charge in [-0.05, 0) is 83.2 Å². The number of esters is 1. The highest BCUT2D eigenvalue weighted by Gasteiger charge is 2.44. The average molecular weight is 426 g/mol. The lowest BCUT2D eigenvalue weighted by Crippen LogP contribution is -2.47. The normalized spacial score (nSPS) is 21.7. The number of hydrogen-bond donors (Lipinski definition) is 0. The van der Waals surface area contributed by atoms with Gasteiger partial charge in [0.25, 0.3) is 0 Å².